The van der Waals surface area contributed by atoms with Crippen LogP contribution in [0, 0.1) is 0 Å². The summed E-state index contributed by atoms with van der Waals surface area (Å²) in [6.07, 6.45) is 3.61. The Kier molecular flexibility index (Phi) is 5.36. The average Bonchev–Trinajstić information content (AvgIpc) is 3.41. The molecule has 0 unspecified atom stereocenters. The predicted octanol–water partition coefficient (Wildman–Crippen LogP) is 4.81. The van der Waals surface area contributed by atoms with Crippen LogP contribution in [-0.4, -0.2) is 25.0 Å². The Morgan fingerprint density at radius 1 is 0.970 bits per heavy atom. The zero-order valence-corrected chi connectivity index (χ0v) is 18.4. The molecule has 164 valence electrons. The molecular weight excluding hydrogens is 414 g/mol. The number of hydrogen-bond donors (Lipinski definition) is 1. The van der Waals surface area contributed by atoms with Crippen molar-refractivity contribution in [3.8, 4) is 17.1 Å². The average molecular weight is 438 g/mol. The highest BCUT2D eigenvalue weighted by Crippen LogP contribution is 2.25. The van der Waals surface area contributed by atoms with Crippen molar-refractivity contribution in [2.45, 2.75) is 6.61 Å². The van der Waals surface area contributed by atoms with Crippen molar-refractivity contribution in [1.29, 1.82) is 0 Å². The van der Waals surface area contributed by atoms with Gasteiger partial charge in [0.05, 0.1) is 11.0 Å². The molecule has 0 bridgehead atoms. The molecule has 3 aromatic carbocycles. The highest BCUT2D eigenvalue weighted by atomic mass is 16.5. The van der Waals surface area contributed by atoms with Crippen LogP contribution in [0.1, 0.15) is 16.2 Å². The molecule has 0 saturated carbocycles. The molecule has 2 heterocycles. The van der Waals surface area contributed by atoms with E-state index >= 15 is 0 Å². The molecule has 0 atom stereocenters. The normalized spacial score (nSPS) is 11.0. The van der Waals surface area contributed by atoms with Crippen LogP contribution in [0.5, 0.6) is 5.75 Å². The van der Waals surface area contributed by atoms with Gasteiger partial charge in [0.25, 0.3) is 5.91 Å². The smallest absolute Gasteiger partial charge is 0.255 e. The van der Waals surface area contributed by atoms with Gasteiger partial charge in [0.1, 0.15) is 24.0 Å². The first kappa shape index (κ1) is 20.5. The molecule has 0 radical (unpaired) electrons. The van der Waals surface area contributed by atoms with Crippen LogP contribution >= 0.6 is 0 Å². The number of hydrogen-bond acceptors (Lipinski definition) is 4. The second-order valence-corrected chi connectivity index (χ2v) is 7.78. The molecule has 1 N–H and O–H groups in total. The summed E-state index contributed by atoms with van der Waals surface area (Å²) in [5, 5.41) is 2.94. The van der Waals surface area contributed by atoms with Gasteiger partial charge in [-0.3, -0.25) is 4.79 Å². The number of nitrogens with one attached hydrogen (secondary N) is 1. The number of ether oxygens (including phenoxy) is 1. The van der Waals surface area contributed by atoms with Crippen LogP contribution < -0.4 is 10.1 Å². The second kappa shape index (κ2) is 8.63. The number of anilines is 1. The largest absolute Gasteiger partial charge is 0.486 e. The number of nitrogens with zero attached hydrogens (tertiary/aromatic N) is 4. The van der Waals surface area contributed by atoms with E-state index in [0.29, 0.717) is 17.9 Å². The SMILES string of the molecule is Cn1ccnc1COc1ccc(C(=O)Nc2ccc(-c3nc4ccccc4n3C)cc2)cc1. The summed E-state index contributed by atoms with van der Waals surface area (Å²) in [5.74, 6) is 2.22. The van der Waals surface area contributed by atoms with E-state index in [0.717, 1.165) is 33.9 Å². The number of fused-ring (bicyclic) bond motifs is 1. The van der Waals surface area contributed by atoms with Gasteiger partial charge in [-0.1, -0.05) is 12.1 Å². The monoisotopic (exact) mass is 437 g/mol. The third-order valence-electron chi connectivity index (χ3n) is 5.59. The minimum atomic E-state index is -0.180. The van der Waals surface area contributed by atoms with Crippen LogP contribution in [-0.2, 0) is 20.7 Å². The maximum absolute atomic E-state index is 12.7. The van der Waals surface area contributed by atoms with Crippen LogP contribution in [0.4, 0.5) is 5.69 Å². The van der Waals surface area contributed by atoms with E-state index in [1.54, 1.807) is 30.5 Å². The summed E-state index contributed by atoms with van der Waals surface area (Å²) in [6.45, 7) is 0.368. The quantitative estimate of drug-likeness (QED) is 0.414. The van der Waals surface area contributed by atoms with Gasteiger partial charge in [-0.2, -0.15) is 0 Å². The molecule has 0 aliphatic carbocycles. The molecule has 33 heavy (non-hydrogen) atoms. The van der Waals surface area contributed by atoms with Crippen molar-refractivity contribution in [3.63, 3.8) is 0 Å². The lowest BCUT2D eigenvalue weighted by Gasteiger charge is -2.09. The van der Waals surface area contributed by atoms with Gasteiger partial charge in [0.15, 0.2) is 0 Å². The van der Waals surface area contributed by atoms with Crippen molar-refractivity contribution in [1.82, 2.24) is 19.1 Å². The van der Waals surface area contributed by atoms with Gasteiger partial charge in [0, 0.05) is 43.3 Å². The van der Waals surface area contributed by atoms with E-state index in [1.165, 1.54) is 0 Å². The summed E-state index contributed by atoms with van der Waals surface area (Å²) < 4.78 is 9.72. The van der Waals surface area contributed by atoms with Gasteiger partial charge in [0.2, 0.25) is 0 Å². The van der Waals surface area contributed by atoms with E-state index in [2.05, 4.69) is 20.9 Å². The number of amides is 1. The fourth-order valence-corrected chi connectivity index (χ4v) is 3.70. The summed E-state index contributed by atoms with van der Waals surface area (Å²) in [7, 11) is 3.92. The summed E-state index contributed by atoms with van der Waals surface area (Å²) in [6, 6.07) is 22.8. The first-order valence-corrected chi connectivity index (χ1v) is 10.6. The van der Waals surface area contributed by atoms with E-state index in [-0.39, 0.29) is 5.91 Å². The maximum Gasteiger partial charge on any atom is 0.255 e. The molecule has 0 spiro atoms. The van der Waals surface area contributed by atoms with Gasteiger partial charge in [-0.15, -0.1) is 0 Å². The Bertz CT molecular complexity index is 1420. The summed E-state index contributed by atoms with van der Waals surface area (Å²) in [4.78, 5) is 21.6. The molecule has 0 aliphatic heterocycles. The molecular formula is C26H23N5O2. The van der Waals surface area contributed by atoms with E-state index in [4.69, 9.17) is 9.72 Å². The van der Waals surface area contributed by atoms with Gasteiger partial charge >= 0.3 is 0 Å². The summed E-state index contributed by atoms with van der Waals surface area (Å²) in [5.41, 5.74) is 4.30. The van der Waals surface area contributed by atoms with E-state index in [1.807, 2.05) is 67.3 Å². The highest BCUT2D eigenvalue weighted by molar-refractivity contribution is 6.04. The number of imidazole rings is 2. The minimum Gasteiger partial charge on any atom is -0.486 e. The number of carbonyl (C=O) groups excluding carboxylic acids is 1. The van der Waals surface area contributed by atoms with Crippen LogP contribution in [0.2, 0.25) is 0 Å². The number of aromatic nitrogens is 4. The van der Waals surface area contributed by atoms with Gasteiger partial charge in [-0.05, 0) is 60.7 Å². The third-order valence-corrected chi connectivity index (χ3v) is 5.59. The Morgan fingerprint density at radius 3 is 2.42 bits per heavy atom. The molecule has 0 aliphatic rings. The van der Waals surface area contributed by atoms with Crippen LogP contribution in [0.15, 0.2) is 85.2 Å². The molecule has 5 aromatic rings. The number of para-hydroxylation sites is 2. The van der Waals surface area contributed by atoms with Crippen molar-refractivity contribution in [2.24, 2.45) is 14.1 Å². The maximum atomic E-state index is 12.7. The minimum absolute atomic E-state index is 0.180. The summed E-state index contributed by atoms with van der Waals surface area (Å²) >= 11 is 0. The van der Waals surface area contributed by atoms with Crippen LogP contribution in [0.25, 0.3) is 22.4 Å². The Labute approximate surface area is 191 Å². The van der Waals surface area contributed by atoms with Gasteiger partial charge < -0.3 is 19.2 Å². The fourth-order valence-electron chi connectivity index (χ4n) is 3.70. The molecule has 7 nitrogen and oxygen atoms in total. The standard InChI is InChI=1S/C26H23N5O2/c1-30-16-15-27-24(30)17-33-21-13-9-19(10-14-21)26(32)28-20-11-7-18(8-12-20)25-29-22-5-3-4-6-23(22)31(25)2/h3-16H,17H2,1-2H3,(H,28,32). The molecule has 7 heteroatoms. The highest BCUT2D eigenvalue weighted by Gasteiger charge is 2.11. The lowest BCUT2D eigenvalue weighted by molar-refractivity contribution is 0.102. The number of benzene rings is 3. The van der Waals surface area contributed by atoms with Gasteiger partial charge in [-0.25, -0.2) is 9.97 Å². The van der Waals surface area contributed by atoms with Crippen LogP contribution in [0.3, 0.4) is 0 Å². The molecule has 0 fully saturated rings. The number of rotatable bonds is 6. The Balaban J connectivity index is 1.24. The first-order valence-electron chi connectivity index (χ1n) is 10.6. The first-order chi connectivity index (χ1) is 16.1. The van der Waals surface area contributed by atoms with Crippen molar-refractivity contribution in [3.05, 3.63) is 96.6 Å². The van der Waals surface area contributed by atoms with Crippen molar-refractivity contribution in [2.75, 3.05) is 5.32 Å². The lowest BCUT2D eigenvalue weighted by atomic mass is 10.1. The van der Waals surface area contributed by atoms with Crippen molar-refractivity contribution >= 4 is 22.6 Å². The second-order valence-electron chi connectivity index (χ2n) is 7.78. The zero-order valence-electron chi connectivity index (χ0n) is 18.4. The molecule has 2 aromatic heterocycles. The molecule has 1 amide bonds. The lowest BCUT2D eigenvalue weighted by Crippen LogP contribution is -2.11. The Morgan fingerprint density at radius 2 is 1.73 bits per heavy atom. The third kappa shape index (κ3) is 4.21. The fraction of sp³-hybridized carbons (Fsp3) is 0.115. The molecule has 0 saturated heterocycles. The Hall–Kier alpha value is -4.39. The van der Waals surface area contributed by atoms with E-state index < -0.39 is 0 Å². The topological polar surface area (TPSA) is 74.0 Å². The number of aryl methyl sites for hydroxylation is 2. The molecule has 5 rings (SSSR count). The zero-order chi connectivity index (χ0) is 22.8. The predicted molar refractivity (Wildman–Crippen MR) is 128 cm³/mol. The van der Waals surface area contributed by atoms with E-state index in [9.17, 15) is 4.79 Å². The number of carbonyl (C=O) groups is 1. The van der Waals surface area contributed by atoms with Crippen molar-refractivity contribution < 1.29 is 9.53 Å².